The molecular weight excluding hydrogens is 285 g/mol. The molecule has 0 aromatic heterocycles. The highest BCUT2D eigenvalue weighted by atomic mass is 79.9. The second kappa shape index (κ2) is 5.63. The monoisotopic (exact) mass is 301 g/mol. The topological polar surface area (TPSA) is 29.1 Å². The first-order chi connectivity index (χ1) is 7.91. The van der Waals surface area contributed by atoms with Crippen molar-refractivity contribution in [3.63, 3.8) is 0 Å². The maximum absolute atomic E-state index is 13.1. The fourth-order valence-corrected chi connectivity index (χ4v) is 1.89. The molecule has 0 spiro atoms. The first-order valence-electron chi connectivity index (χ1n) is 5.56. The van der Waals surface area contributed by atoms with Crippen LogP contribution in [0.2, 0.25) is 0 Å². The predicted molar refractivity (Wildman–Crippen MR) is 71.1 cm³/mol. The Balaban J connectivity index is 2.86. The van der Waals surface area contributed by atoms with Crippen LogP contribution in [0.3, 0.4) is 0 Å². The summed E-state index contributed by atoms with van der Waals surface area (Å²) >= 11 is 3.38. The molecule has 1 N–H and O–H groups in total. The molecule has 0 saturated carbocycles. The Hall–Kier alpha value is -0.900. The van der Waals surface area contributed by atoms with Crippen molar-refractivity contribution in [3.05, 3.63) is 35.1 Å². The van der Waals surface area contributed by atoms with Gasteiger partial charge in [0.2, 0.25) is 0 Å². The van der Waals surface area contributed by atoms with E-state index in [4.69, 9.17) is 0 Å². The molecule has 4 heteroatoms. The van der Waals surface area contributed by atoms with Gasteiger partial charge in [-0.25, -0.2) is 4.39 Å². The van der Waals surface area contributed by atoms with Crippen LogP contribution in [0, 0.1) is 12.7 Å². The van der Waals surface area contributed by atoms with Crippen LogP contribution >= 0.6 is 15.9 Å². The van der Waals surface area contributed by atoms with Gasteiger partial charge < -0.3 is 5.32 Å². The standard InChI is InChI=1S/C13H17BrFNO/c1-4-13(3,8-14)16-12(17)10-5-6-11(15)9(2)7-10/h5-7H,4,8H2,1-3H3,(H,16,17). The molecule has 0 saturated heterocycles. The van der Waals surface area contributed by atoms with Crippen molar-refractivity contribution >= 4 is 21.8 Å². The van der Waals surface area contributed by atoms with E-state index in [2.05, 4.69) is 21.2 Å². The van der Waals surface area contributed by atoms with E-state index in [0.29, 0.717) is 16.5 Å². The highest BCUT2D eigenvalue weighted by Crippen LogP contribution is 2.15. The van der Waals surface area contributed by atoms with Gasteiger partial charge in [0.05, 0.1) is 0 Å². The zero-order valence-electron chi connectivity index (χ0n) is 10.3. The van der Waals surface area contributed by atoms with Crippen LogP contribution in [0.5, 0.6) is 0 Å². The first kappa shape index (κ1) is 14.2. The van der Waals surface area contributed by atoms with Gasteiger partial charge in [-0.3, -0.25) is 4.79 Å². The van der Waals surface area contributed by atoms with Crippen molar-refractivity contribution < 1.29 is 9.18 Å². The average molecular weight is 302 g/mol. The number of carbonyl (C=O) groups is 1. The maximum Gasteiger partial charge on any atom is 0.251 e. The molecule has 0 bridgehead atoms. The van der Waals surface area contributed by atoms with Crippen molar-refractivity contribution in [2.45, 2.75) is 32.7 Å². The average Bonchev–Trinajstić information content (AvgIpc) is 2.32. The van der Waals surface area contributed by atoms with Crippen LogP contribution in [0.4, 0.5) is 4.39 Å². The fourth-order valence-electron chi connectivity index (χ4n) is 1.35. The third-order valence-electron chi connectivity index (χ3n) is 2.91. The largest absolute Gasteiger partial charge is 0.346 e. The van der Waals surface area contributed by atoms with Crippen molar-refractivity contribution in [2.75, 3.05) is 5.33 Å². The zero-order chi connectivity index (χ0) is 13.1. The van der Waals surface area contributed by atoms with Crippen molar-refractivity contribution in [2.24, 2.45) is 0 Å². The Morgan fingerprint density at radius 3 is 2.65 bits per heavy atom. The summed E-state index contributed by atoms with van der Waals surface area (Å²) in [6, 6.07) is 4.39. The highest BCUT2D eigenvalue weighted by molar-refractivity contribution is 9.09. The fraction of sp³-hybridized carbons (Fsp3) is 0.462. The van der Waals surface area contributed by atoms with Crippen LogP contribution in [-0.4, -0.2) is 16.8 Å². The SMILES string of the molecule is CCC(C)(CBr)NC(=O)c1ccc(F)c(C)c1. The van der Waals surface area contributed by atoms with E-state index in [1.807, 2.05) is 13.8 Å². The van der Waals surface area contributed by atoms with Crippen LogP contribution in [0.15, 0.2) is 18.2 Å². The lowest BCUT2D eigenvalue weighted by molar-refractivity contribution is 0.0913. The molecule has 1 unspecified atom stereocenters. The second-order valence-corrected chi connectivity index (χ2v) is 5.03. The number of halogens is 2. The Labute approximate surface area is 110 Å². The van der Waals surface area contributed by atoms with Gasteiger partial charge in [0.25, 0.3) is 5.91 Å². The highest BCUT2D eigenvalue weighted by Gasteiger charge is 2.23. The summed E-state index contributed by atoms with van der Waals surface area (Å²) in [5.74, 6) is -0.461. The first-order valence-corrected chi connectivity index (χ1v) is 6.68. The molecule has 17 heavy (non-hydrogen) atoms. The third-order valence-corrected chi connectivity index (χ3v) is 4.15. The molecule has 94 valence electrons. The molecule has 0 radical (unpaired) electrons. The molecule has 0 aliphatic rings. The summed E-state index contributed by atoms with van der Waals surface area (Å²) in [6.07, 6.45) is 0.824. The summed E-state index contributed by atoms with van der Waals surface area (Å²) in [6.45, 7) is 5.63. The van der Waals surface area contributed by atoms with Gasteiger partial charge in [-0.2, -0.15) is 0 Å². The van der Waals surface area contributed by atoms with Gasteiger partial charge in [0, 0.05) is 16.4 Å². The molecule has 1 amide bonds. The van der Waals surface area contributed by atoms with Crippen molar-refractivity contribution in [3.8, 4) is 0 Å². The molecule has 1 aromatic carbocycles. The number of hydrogen-bond acceptors (Lipinski definition) is 1. The summed E-state index contributed by atoms with van der Waals surface area (Å²) in [5.41, 5.74) is 0.693. The Kier molecular flexibility index (Phi) is 4.69. The van der Waals surface area contributed by atoms with Crippen LogP contribution in [0.25, 0.3) is 0 Å². The summed E-state index contributed by atoms with van der Waals surface area (Å²) in [5, 5.41) is 3.63. The van der Waals surface area contributed by atoms with E-state index in [-0.39, 0.29) is 17.3 Å². The summed E-state index contributed by atoms with van der Waals surface area (Å²) in [7, 11) is 0. The normalized spacial score (nSPS) is 14.2. The minimum atomic E-state index is -0.291. The number of rotatable bonds is 4. The lowest BCUT2D eigenvalue weighted by Gasteiger charge is -2.27. The van der Waals surface area contributed by atoms with Crippen molar-refractivity contribution in [1.82, 2.24) is 5.32 Å². The third kappa shape index (κ3) is 3.53. The summed E-state index contributed by atoms with van der Waals surface area (Å²) in [4.78, 5) is 12.0. The van der Waals surface area contributed by atoms with Gasteiger partial charge in [-0.1, -0.05) is 22.9 Å². The van der Waals surface area contributed by atoms with E-state index in [1.165, 1.54) is 12.1 Å². The second-order valence-electron chi connectivity index (χ2n) is 4.47. The number of carbonyl (C=O) groups excluding carboxylic acids is 1. The quantitative estimate of drug-likeness (QED) is 0.848. The maximum atomic E-state index is 13.1. The van der Waals surface area contributed by atoms with Gasteiger partial charge in [-0.05, 0) is 44.0 Å². The molecule has 1 rings (SSSR count). The Morgan fingerprint density at radius 1 is 1.53 bits per heavy atom. The number of amides is 1. The van der Waals surface area contributed by atoms with Gasteiger partial charge >= 0.3 is 0 Å². The minimum Gasteiger partial charge on any atom is -0.346 e. The van der Waals surface area contributed by atoms with Crippen LogP contribution in [0.1, 0.15) is 36.2 Å². The van der Waals surface area contributed by atoms with Crippen LogP contribution < -0.4 is 5.32 Å². The van der Waals surface area contributed by atoms with E-state index in [0.717, 1.165) is 6.42 Å². The van der Waals surface area contributed by atoms with E-state index in [1.54, 1.807) is 13.0 Å². The molecule has 0 fully saturated rings. The molecule has 1 atom stereocenters. The minimum absolute atomic E-state index is 0.170. The van der Waals surface area contributed by atoms with Gasteiger partial charge in [-0.15, -0.1) is 0 Å². The lowest BCUT2D eigenvalue weighted by atomic mass is 10.0. The number of alkyl halides is 1. The molecule has 0 heterocycles. The molecule has 2 nitrogen and oxygen atoms in total. The molecule has 0 aliphatic carbocycles. The molecule has 1 aromatic rings. The Bertz CT molecular complexity index is 416. The predicted octanol–water partition coefficient (Wildman–Crippen LogP) is 3.43. The number of hydrogen-bond donors (Lipinski definition) is 1. The number of nitrogens with one attached hydrogen (secondary N) is 1. The molecular formula is C13H17BrFNO. The lowest BCUT2D eigenvalue weighted by Crippen LogP contribution is -2.46. The van der Waals surface area contributed by atoms with E-state index >= 15 is 0 Å². The van der Waals surface area contributed by atoms with Crippen LogP contribution in [-0.2, 0) is 0 Å². The van der Waals surface area contributed by atoms with E-state index in [9.17, 15) is 9.18 Å². The number of aryl methyl sites for hydroxylation is 1. The zero-order valence-corrected chi connectivity index (χ0v) is 11.9. The summed E-state index contributed by atoms with van der Waals surface area (Å²) < 4.78 is 13.1. The number of benzene rings is 1. The van der Waals surface area contributed by atoms with E-state index < -0.39 is 0 Å². The smallest absolute Gasteiger partial charge is 0.251 e. The van der Waals surface area contributed by atoms with Gasteiger partial charge in [0.15, 0.2) is 0 Å². The van der Waals surface area contributed by atoms with Gasteiger partial charge in [0.1, 0.15) is 5.82 Å². The Morgan fingerprint density at radius 2 is 2.18 bits per heavy atom. The molecule has 0 aliphatic heterocycles. The van der Waals surface area contributed by atoms with Crippen molar-refractivity contribution in [1.29, 1.82) is 0 Å².